The molecule has 0 aliphatic rings. The Labute approximate surface area is 162 Å². The standard InChI is InChI=1S/C20H18ClN3O3/c1-3-26-15-8-10-17(11-9-15)27-16-6-4-14(5-7-16)24-20(25)19-18(21)12-22-13(2)23-19/h4-12H,3H2,1-2H3,(H,24,25). The number of nitrogens with one attached hydrogen (secondary N) is 1. The van der Waals surface area contributed by atoms with Crippen LogP contribution in [0.15, 0.2) is 54.7 Å². The minimum Gasteiger partial charge on any atom is -0.494 e. The van der Waals surface area contributed by atoms with E-state index in [9.17, 15) is 4.79 Å². The van der Waals surface area contributed by atoms with Crippen molar-refractivity contribution in [3.8, 4) is 17.2 Å². The van der Waals surface area contributed by atoms with E-state index in [1.165, 1.54) is 6.20 Å². The summed E-state index contributed by atoms with van der Waals surface area (Å²) < 4.78 is 11.2. The van der Waals surface area contributed by atoms with Crippen molar-refractivity contribution >= 4 is 23.2 Å². The molecule has 0 aliphatic carbocycles. The fourth-order valence-corrected chi connectivity index (χ4v) is 2.49. The second kappa shape index (κ2) is 8.51. The number of halogens is 1. The maximum Gasteiger partial charge on any atom is 0.275 e. The van der Waals surface area contributed by atoms with Crippen LogP contribution in [-0.4, -0.2) is 22.5 Å². The molecule has 7 heteroatoms. The molecular formula is C20H18ClN3O3. The number of hydrogen-bond donors (Lipinski definition) is 1. The van der Waals surface area contributed by atoms with Crippen molar-refractivity contribution in [1.82, 2.24) is 9.97 Å². The molecule has 3 rings (SSSR count). The van der Waals surface area contributed by atoms with Gasteiger partial charge in [-0.2, -0.15) is 0 Å². The van der Waals surface area contributed by atoms with Crippen molar-refractivity contribution in [2.45, 2.75) is 13.8 Å². The van der Waals surface area contributed by atoms with Crippen LogP contribution in [0, 0.1) is 6.92 Å². The first-order valence-corrected chi connectivity index (χ1v) is 8.74. The van der Waals surface area contributed by atoms with Crippen molar-refractivity contribution in [3.05, 3.63) is 71.3 Å². The van der Waals surface area contributed by atoms with E-state index in [0.717, 1.165) is 5.75 Å². The van der Waals surface area contributed by atoms with Gasteiger partial charge in [0.1, 0.15) is 23.1 Å². The molecule has 1 N–H and O–H groups in total. The van der Waals surface area contributed by atoms with E-state index in [1.807, 2.05) is 31.2 Å². The zero-order chi connectivity index (χ0) is 19.2. The van der Waals surface area contributed by atoms with Crippen molar-refractivity contribution in [2.75, 3.05) is 11.9 Å². The number of anilines is 1. The molecule has 0 saturated carbocycles. The van der Waals surface area contributed by atoms with Crippen LogP contribution in [-0.2, 0) is 0 Å². The summed E-state index contributed by atoms with van der Waals surface area (Å²) >= 11 is 5.99. The van der Waals surface area contributed by atoms with Crippen molar-refractivity contribution < 1.29 is 14.3 Å². The average Bonchev–Trinajstić information content (AvgIpc) is 2.67. The molecule has 1 amide bonds. The van der Waals surface area contributed by atoms with Gasteiger partial charge in [-0.25, -0.2) is 9.97 Å². The van der Waals surface area contributed by atoms with Crippen molar-refractivity contribution in [3.63, 3.8) is 0 Å². The number of hydrogen-bond acceptors (Lipinski definition) is 5. The summed E-state index contributed by atoms with van der Waals surface area (Å²) in [5.41, 5.74) is 0.741. The highest BCUT2D eigenvalue weighted by Gasteiger charge is 2.13. The molecule has 0 fully saturated rings. The summed E-state index contributed by atoms with van der Waals surface area (Å²) in [4.78, 5) is 20.3. The third kappa shape index (κ3) is 4.95. The molecule has 0 bridgehead atoms. The van der Waals surface area contributed by atoms with Gasteiger partial charge in [0, 0.05) is 5.69 Å². The minimum atomic E-state index is -0.398. The van der Waals surface area contributed by atoms with Gasteiger partial charge in [0.2, 0.25) is 0 Å². The fraction of sp³-hybridized carbons (Fsp3) is 0.150. The second-order valence-electron chi connectivity index (χ2n) is 5.60. The number of nitrogens with zero attached hydrogens (tertiary/aromatic N) is 2. The van der Waals surface area contributed by atoms with Gasteiger partial charge in [-0.15, -0.1) is 0 Å². The molecule has 138 valence electrons. The van der Waals surface area contributed by atoms with E-state index < -0.39 is 5.91 Å². The molecule has 0 spiro atoms. The molecular weight excluding hydrogens is 366 g/mol. The Balaban J connectivity index is 1.64. The summed E-state index contributed by atoms with van der Waals surface area (Å²) in [6.07, 6.45) is 1.41. The van der Waals surface area contributed by atoms with Crippen LogP contribution in [0.5, 0.6) is 17.2 Å². The smallest absolute Gasteiger partial charge is 0.275 e. The summed E-state index contributed by atoms with van der Waals surface area (Å²) in [5, 5.41) is 2.96. The van der Waals surface area contributed by atoms with Gasteiger partial charge in [-0.05, 0) is 62.4 Å². The minimum absolute atomic E-state index is 0.138. The quantitative estimate of drug-likeness (QED) is 0.656. The lowest BCUT2D eigenvalue weighted by atomic mass is 10.2. The zero-order valence-corrected chi connectivity index (χ0v) is 15.7. The van der Waals surface area contributed by atoms with E-state index in [4.69, 9.17) is 21.1 Å². The number of amides is 1. The van der Waals surface area contributed by atoms with Gasteiger partial charge in [-0.3, -0.25) is 4.79 Å². The first-order chi connectivity index (χ1) is 13.0. The predicted octanol–water partition coefficient (Wildman–Crippen LogP) is 4.88. The average molecular weight is 384 g/mol. The van der Waals surface area contributed by atoms with E-state index >= 15 is 0 Å². The van der Waals surface area contributed by atoms with Gasteiger partial charge in [0.25, 0.3) is 5.91 Å². The third-order valence-electron chi connectivity index (χ3n) is 3.56. The largest absolute Gasteiger partial charge is 0.494 e. The third-order valence-corrected chi connectivity index (χ3v) is 3.84. The lowest BCUT2D eigenvalue weighted by Crippen LogP contribution is -2.15. The van der Waals surface area contributed by atoms with Crippen LogP contribution >= 0.6 is 11.6 Å². The Hall–Kier alpha value is -3.12. The highest BCUT2D eigenvalue weighted by Crippen LogP contribution is 2.25. The van der Waals surface area contributed by atoms with Crippen molar-refractivity contribution in [1.29, 1.82) is 0 Å². The Kier molecular flexibility index (Phi) is 5.88. The van der Waals surface area contributed by atoms with E-state index in [0.29, 0.717) is 29.6 Å². The number of benzene rings is 2. The number of carbonyl (C=O) groups excluding carboxylic acids is 1. The van der Waals surface area contributed by atoms with Gasteiger partial charge >= 0.3 is 0 Å². The summed E-state index contributed by atoms with van der Waals surface area (Å²) in [6, 6.07) is 14.4. The number of aromatic nitrogens is 2. The van der Waals surface area contributed by atoms with Crippen LogP contribution in [0.3, 0.4) is 0 Å². The van der Waals surface area contributed by atoms with Crippen molar-refractivity contribution in [2.24, 2.45) is 0 Å². The molecule has 0 radical (unpaired) electrons. The number of ether oxygens (including phenoxy) is 2. The van der Waals surface area contributed by atoms with E-state index in [2.05, 4.69) is 15.3 Å². The van der Waals surface area contributed by atoms with Gasteiger partial charge in [0.15, 0.2) is 5.69 Å². The highest BCUT2D eigenvalue weighted by atomic mass is 35.5. The van der Waals surface area contributed by atoms with Crippen LogP contribution in [0.2, 0.25) is 5.02 Å². The SMILES string of the molecule is CCOc1ccc(Oc2ccc(NC(=O)c3nc(C)ncc3Cl)cc2)cc1. The molecule has 1 heterocycles. The Bertz CT molecular complexity index is 928. The van der Waals surface area contributed by atoms with Gasteiger partial charge in [0.05, 0.1) is 17.8 Å². The van der Waals surface area contributed by atoms with Crippen LogP contribution < -0.4 is 14.8 Å². The molecule has 2 aromatic carbocycles. The normalized spacial score (nSPS) is 10.3. The first kappa shape index (κ1) is 18.7. The molecule has 0 aliphatic heterocycles. The highest BCUT2D eigenvalue weighted by molar-refractivity contribution is 6.33. The van der Waals surface area contributed by atoms with Gasteiger partial charge < -0.3 is 14.8 Å². The van der Waals surface area contributed by atoms with Crippen LogP contribution in [0.4, 0.5) is 5.69 Å². The molecule has 0 unspecified atom stereocenters. The maximum absolute atomic E-state index is 12.3. The zero-order valence-electron chi connectivity index (χ0n) is 14.9. The fourth-order valence-electron chi connectivity index (χ4n) is 2.32. The van der Waals surface area contributed by atoms with Crippen LogP contribution in [0.25, 0.3) is 0 Å². The molecule has 3 aromatic rings. The molecule has 1 aromatic heterocycles. The Morgan fingerprint density at radius 2 is 1.63 bits per heavy atom. The number of rotatable bonds is 6. The van der Waals surface area contributed by atoms with E-state index in [-0.39, 0.29) is 10.7 Å². The number of aryl methyl sites for hydroxylation is 1. The molecule has 0 atom stereocenters. The second-order valence-corrected chi connectivity index (χ2v) is 6.01. The summed E-state index contributed by atoms with van der Waals surface area (Å²) in [7, 11) is 0. The topological polar surface area (TPSA) is 73.3 Å². The lowest BCUT2D eigenvalue weighted by molar-refractivity contribution is 0.102. The van der Waals surface area contributed by atoms with E-state index in [1.54, 1.807) is 31.2 Å². The summed E-state index contributed by atoms with van der Waals surface area (Å²) in [5.74, 6) is 2.21. The molecule has 6 nitrogen and oxygen atoms in total. The number of carbonyl (C=O) groups is 1. The first-order valence-electron chi connectivity index (χ1n) is 8.36. The molecule has 0 saturated heterocycles. The van der Waals surface area contributed by atoms with Gasteiger partial charge in [-0.1, -0.05) is 11.6 Å². The molecule has 27 heavy (non-hydrogen) atoms. The predicted molar refractivity (Wildman–Crippen MR) is 104 cm³/mol. The Morgan fingerprint density at radius 3 is 2.26 bits per heavy atom. The monoisotopic (exact) mass is 383 g/mol. The lowest BCUT2D eigenvalue weighted by Gasteiger charge is -2.09. The summed E-state index contributed by atoms with van der Waals surface area (Å²) in [6.45, 7) is 4.25. The maximum atomic E-state index is 12.3. The Morgan fingerprint density at radius 1 is 1.04 bits per heavy atom. The van der Waals surface area contributed by atoms with Crippen LogP contribution in [0.1, 0.15) is 23.2 Å².